The summed E-state index contributed by atoms with van der Waals surface area (Å²) in [6, 6.07) is 6.24. The predicted octanol–water partition coefficient (Wildman–Crippen LogP) is 2.53. The summed E-state index contributed by atoms with van der Waals surface area (Å²) in [6.07, 6.45) is 0.601. The van der Waals surface area contributed by atoms with Crippen LogP contribution < -0.4 is 5.30 Å². The highest BCUT2D eigenvalue weighted by molar-refractivity contribution is 9.18. The maximum absolute atomic E-state index is 10.7. The second-order valence-electron chi connectivity index (χ2n) is 2.96. The molecule has 3 heteroatoms. The van der Waals surface area contributed by atoms with Gasteiger partial charge in [0.2, 0.25) is 4.69 Å². The molecule has 0 spiro atoms. The third-order valence-corrected chi connectivity index (χ3v) is 4.24. The van der Waals surface area contributed by atoms with Crippen LogP contribution in [-0.2, 0) is 4.79 Å². The quantitative estimate of drug-likeness (QED) is 0.602. The average molecular weight is 259 g/mol. The molecule has 0 saturated carbocycles. The summed E-state index contributed by atoms with van der Waals surface area (Å²) in [5.74, 6) is 0. The van der Waals surface area contributed by atoms with Crippen LogP contribution in [0.1, 0.15) is 11.1 Å². The van der Waals surface area contributed by atoms with Crippen molar-refractivity contribution in [3.05, 3.63) is 29.3 Å². The van der Waals surface area contributed by atoms with Crippen molar-refractivity contribution in [2.45, 2.75) is 13.8 Å². The maximum Gasteiger partial charge on any atom is 0.202 e. The zero-order valence-electron chi connectivity index (χ0n) is 7.73. The maximum atomic E-state index is 10.7. The lowest BCUT2D eigenvalue weighted by atomic mass is 10.1. The molecule has 0 heterocycles. The minimum absolute atomic E-state index is 0.0896. The molecule has 1 rings (SSSR count). The molecule has 0 bridgehead atoms. The summed E-state index contributed by atoms with van der Waals surface area (Å²) in [5.41, 5.74) is 2.61. The Morgan fingerprint density at radius 1 is 1.46 bits per heavy atom. The van der Waals surface area contributed by atoms with Crippen LogP contribution in [0, 0.1) is 13.8 Å². The van der Waals surface area contributed by atoms with Crippen LogP contribution >= 0.6 is 24.5 Å². The van der Waals surface area contributed by atoms with Crippen molar-refractivity contribution >= 4 is 34.5 Å². The van der Waals surface area contributed by atoms with Crippen LogP contribution in [0.3, 0.4) is 0 Å². The fraction of sp³-hybridized carbons (Fsp3) is 0.300. The molecule has 1 aromatic rings. The molecule has 70 valence electrons. The molecule has 1 atom stereocenters. The van der Waals surface area contributed by atoms with E-state index in [-0.39, 0.29) is 4.69 Å². The van der Waals surface area contributed by atoms with Gasteiger partial charge in [0.25, 0.3) is 0 Å². The molecule has 1 aromatic carbocycles. The van der Waals surface area contributed by atoms with E-state index in [0.717, 1.165) is 0 Å². The van der Waals surface area contributed by atoms with Gasteiger partial charge < -0.3 is 0 Å². The minimum Gasteiger partial charge on any atom is -0.286 e. The van der Waals surface area contributed by atoms with E-state index >= 15 is 0 Å². The van der Waals surface area contributed by atoms with Gasteiger partial charge in [0.05, 0.1) is 0 Å². The van der Waals surface area contributed by atoms with Crippen LogP contribution in [0.25, 0.3) is 0 Å². The predicted molar refractivity (Wildman–Crippen MR) is 62.7 cm³/mol. The molecule has 0 aliphatic rings. The number of carbonyl (C=O) groups excluding carboxylic acids is 1. The number of hydrogen-bond acceptors (Lipinski definition) is 1. The van der Waals surface area contributed by atoms with E-state index < -0.39 is 0 Å². The fourth-order valence-electron chi connectivity index (χ4n) is 1.11. The largest absolute Gasteiger partial charge is 0.286 e. The lowest BCUT2D eigenvalue weighted by Crippen LogP contribution is -2.04. The Kier molecular flexibility index (Phi) is 4.08. The summed E-state index contributed by atoms with van der Waals surface area (Å²) in [7, 11) is 0.584. The zero-order chi connectivity index (χ0) is 9.84. The van der Waals surface area contributed by atoms with Gasteiger partial charge in [-0.05, 0) is 46.2 Å². The first-order valence-electron chi connectivity index (χ1n) is 4.09. The van der Waals surface area contributed by atoms with Crippen LogP contribution in [0.15, 0.2) is 18.2 Å². The van der Waals surface area contributed by atoms with Gasteiger partial charge in [0.15, 0.2) is 0 Å². The lowest BCUT2D eigenvalue weighted by Gasteiger charge is -2.06. The normalized spacial score (nSPS) is 11.0. The van der Waals surface area contributed by atoms with Gasteiger partial charge in [-0.3, -0.25) is 4.79 Å². The van der Waals surface area contributed by atoms with Crippen molar-refractivity contribution in [2.24, 2.45) is 0 Å². The summed E-state index contributed by atoms with van der Waals surface area (Å²) in [5, 5.41) is 1.30. The summed E-state index contributed by atoms with van der Waals surface area (Å²) < 4.78 is 0.0896. The smallest absolute Gasteiger partial charge is 0.202 e. The average Bonchev–Trinajstić information content (AvgIpc) is 2.07. The van der Waals surface area contributed by atoms with Crippen LogP contribution in [0.2, 0.25) is 0 Å². The van der Waals surface area contributed by atoms with E-state index in [1.165, 1.54) is 16.4 Å². The molecule has 0 fully saturated rings. The van der Waals surface area contributed by atoms with Gasteiger partial charge in [-0.1, -0.05) is 26.8 Å². The molecule has 0 aliphatic carbocycles. The standard InChI is InChI=1S/C10H12BrOP/c1-7-4-3-5-9(8(7)2)13-6-10(11)12/h3-5,13H,6H2,1-2H3. The molecule has 0 aromatic heterocycles. The summed E-state index contributed by atoms with van der Waals surface area (Å²) in [6.45, 7) is 4.20. The Bertz CT molecular complexity index is 323. The molecule has 1 nitrogen and oxygen atoms in total. The molecule has 0 amide bonds. The Morgan fingerprint density at radius 2 is 2.15 bits per heavy atom. The van der Waals surface area contributed by atoms with E-state index in [1.54, 1.807) is 0 Å². The van der Waals surface area contributed by atoms with Crippen LogP contribution in [0.4, 0.5) is 0 Å². The molecule has 0 aliphatic heterocycles. The first-order chi connectivity index (χ1) is 6.11. The number of benzene rings is 1. The van der Waals surface area contributed by atoms with Gasteiger partial charge >= 0.3 is 0 Å². The van der Waals surface area contributed by atoms with Crippen molar-refractivity contribution in [1.29, 1.82) is 0 Å². The topological polar surface area (TPSA) is 17.1 Å². The van der Waals surface area contributed by atoms with Crippen molar-refractivity contribution in [2.75, 3.05) is 6.16 Å². The second-order valence-corrected chi connectivity index (χ2v) is 5.09. The van der Waals surface area contributed by atoms with E-state index in [4.69, 9.17) is 0 Å². The lowest BCUT2D eigenvalue weighted by molar-refractivity contribution is -0.108. The number of rotatable bonds is 3. The van der Waals surface area contributed by atoms with Crippen molar-refractivity contribution in [1.82, 2.24) is 0 Å². The highest BCUT2D eigenvalue weighted by Gasteiger charge is 2.02. The van der Waals surface area contributed by atoms with Crippen LogP contribution in [-0.4, -0.2) is 10.9 Å². The summed E-state index contributed by atoms with van der Waals surface area (Å²) >= 11 is 2.94. The second kappa shape index (κ2) is 4.88. The van der Waals surface area contributed by atoms with Gasteiger partial charge in [-0.25, -0.2) is 0 Å². The molecular formula is C10H12BrOP. The third-order valence-electron chi connectivity index (χ3n) is 2.02. The SMILES string of the molecule is Cc1cccc(PCC(=O)Br)c1C. The highest BCUT2D eigenvalue weighted by atomic mass is 79.9. The molecular weight excluding hydrogens is 247 g/mol. The molecule has 1 unspecified atom stereocenters. The van der Waals surface area contributed by atoms with E-state index in [9.17, 15) is 4.79 Å². The molecule has 0 radical (unpaired) electrons. The fourth-order valence-corrected chi connectivity index (χ4v) is 2.53. The number of aryl methyl sites for hydroxylation is 1. The molecule has 13 heavy (non-hydrogen) atoms. The Hall–Kier alpha value is -0.200. The highest BCUT2D eigenvalue weighted by Crippen LogP contribution is 2.16. The van der Waals surface area contributed by atoms with Gasteiger partial charge in [0.1, 0.15) is 0 Å². The minimum atomic E-state index is 0.0896. The van der Waals surface area contributed by atoms with Crippen molar-refractivity contribution in [3.63, 3.8) is 0 Å². The third kappa shape index (κ3) is 3.21. The Labute approximate surface area is 88.8 Å². The Morgan fingerprint density at radius 3 is 2.77 bits per heavy atom. The monoisotopic (exact) mass is 258 g/mol. The number of carbonyl (C=O) groups is 1. The summed E-state index contributed by atoms with van der Waals surface area (Å²) in [4.78, 5) is 10.7. The van der Waals surface area contributed by atoms with Gasteiger partial charge in [-0.2, -0.15) is 0 Å². The number of halogens is 1. The molecule has 0 saturated heterocycles. The van der Waals surface area contributed by atoms with Crippen molar-refractivity contribution in [3.8, 4) is 0 Å². The van der Waals surface area contributed by atoms with Crippen LogP contribution in [0.5, 0.6) is 0 Å². The number of hydrogen-bond donors (Lipinski definition) is 0. The zero-order valence-corrected chi connectivity index (χ0v) is 10.3. The van der Waals surface area contributed by atoms with Gasteiger partial charge in [0, 0.05) is 6.16 Å². The van der Waals surface area contributed by atoms with Gasteiger partial charge in [-0.15, -0.1) is 0 Å². The first-order valence-corrected chi connectivity index (χ1v) is 6.09. The first kappa shape index (κ1) is 10.9. The van der Waals surface area contributed by atoms with E-state index in [2.05, 4.69) is 41.9 Å². The van der Waals surface area contributed by atoms with Crippen molar-refractivity contribution < 1.29 is 4.79 Å². The molecule has 0 N–H and O–H groups in total. The Balaban J connectivity index is 2.77. The van der Waals surface area contributed by atoms with E-state index in [0.29, 0.717) is 14.7 Å². The van der Waals surface area contributed by atoms with E-state index in [1.807, 2.05) is 6.07 Å².